The van der Waals surface area contributed by atoms with Gasteiger partial charge < -0.3 is 15.0 Å². The second-order valence-corrected chi connectivity index (χ2v) is 6.51. The topological polar surface area (TPSA) is 44.8 Å². The monoisotopic (exact) mass is 335 g/mol. The second-order valence-electron chi connectivity index (χ2n) is 6.51. The minimum atomic E-state index is -0.216. The minimum Gasteiger partial charge on any atom is -0.379 e. The van der Waals surface area contributed by atoms with Crippen molar-refractivity contribution in [2.75, 3.05) is 45.9 Å². The Balaban J connectivity index is 1.46. The Hall–Kier alpha value is -1.66. The molecule has 6 heteroatoms. The molecular weight excluding hydrogens is 309 g/mol. The maximum absolute atomic E-state index is 13.3. The molecule has 2 fully saturated rings. The molecule has 1 aromatic carbocycles. The molecule has 1 N–H and O–H groups in total. The molecule has 2 saturated heterocycles. The van der Waals surface area contributed by atoms with Crippen LogP contribution in [0.1, 0.15) is 18.4 Å². The zero-order valence-corrected chi connectivity index (χ0v) is 14.0. The number of amides is 2. The van der Waals surface area contributed by atoms with Gasteiger partial charge in [-0.3, -0.25) is 4.90 Å². The Morgan fingerprint density at radius 2 is 2.12 bits per heavy atom. The lowest BCUT2D eigenvalue weighted by Crippen LogP contribution is -2.47. The summed E-state index contributed by atoms with van der Waals surface area (Å²) in [5.74, 6) is -0.216. The fourth-order valence-corrected chi connectivity index (χ4v) is 3.50. The van der Waals surface area contributed by atoms with E-state index in [2.05, 4.69) is 10.2 Å². The van der Waals surface area contributed by atoms with Crippen LogP contribution in [0.4, 0.5) is 9.18 Å². The highest BCUT2D eigenvalue weighted by molar-refractivity contribution is 5.74. The van der Waals surface area contributed by atoms with Crippen molar-refractivity contribution in [3.63, 3.8) is 0 Å². The molecule has 1 atom stereocenters. The number of nitrogens with zero attached hydrogens (tertiary/aromatic N) is 2. The molecular formula is C18H26FN3O2. The first-order valence-electron chi connectivity index (χ1n) is 8.81. The zero-order chi connectivity index (χ0) is 16.8. The first kappa shape index (κ1) is 17.2. The van der Waals surface area contributed by atoms with E-state index < -0.39 is 0 Å². The largest absolute Gasteiger partial charge is 0.379 e. The number of carbonyl (C=O) groups excluding carboxylic acids is 1. The molecule has 132 valence electrons. The van der Waals surface area contributed by atoms with E-state index in [4.69, 9.17) is 4.74 Å². The highest BCUT2D eigenvalue weighted by Gasteiger charge is 2.28. The number of hydrogen-bond acceptors (Lipinski definition) is 3. The number of urea groups is 1. The SMILES string of the molecule is O=C(NCCN1CCOCC1)N1CCC[C@H]1Cc1cccc(F)c1. The lowest BCUT2D eigenvalue weighted by atomic mass is 10.0. The number of benzene rings is 1. The van der Waals surface area contributed by atoms with Crippen LogP contribution in [-0.4, -0.2) is 67.8 Å². The van der Waals surface area contributed by atoms with Gasteiger partial charge in [-0.2, -0.15) is 0 Å². The summed E-state index contributed by atoms with van der Waals surface area (Å²) < 4.78 is 18.7. The van der Waals surface area contributed by atoms with Gasteiger partial charge in [0.1, 0.15) is 5.82 Å². The van der Waals surface area contributed by atoms with Crippen LogP contribution in [0.2, 0.25) is 0 Å². The van der Waals surface area contributed by atoms with Crippen molar-refractivity contribution in [3.8, 4) is 0 Å². The Morgan fingerprint density at radius 3 is 2.92 bits per heavy atom. The van der Waals surface area contributed by atoms with Crippen molar-refractivity contribution in [1.29, 1.82) is 0 Å². The molecule has 2 aliphatic heterocycles. The van der Waals surface area contributed by atoms with Crippen molar-refractivity contribution < 1.29 is 13.9 Å². The van der Waals surface area contributed by atoms with E-state index in [1.807, 2.05) is 11.0 Å². The van der Waals surface area contributed by atoms with Crippen molar-refractivity contribution in [2.45, 2.75) is 25.3 Å². The average Bonchev–Trinajstić information content (AvgIpc) is 3.04. The molecule has 0 aromatic heterocycles. The third-order valence-corrected chi connectivity index (χ3v) is 4.81. The summed E-state index contributed by atoms with van der Waals surface area (Å²) in [6.45, 7) is 5.71. The smallest absolute Gasteiger partial charge is 0.317 e. The molecule has 0 aliphatic carbocycles. The van der Waals surface area contributed by atoms with E-state index in [-0.39, 0.29) is 17.9 Å². The number of hydrogen-bond donors (Lipinski definition) is 1. The Bertz CT molecular complexity index is 549. The fourth-order valence-electron chi connectivity index (χ4n) is 3.50. The van der Waals surface area contributed by atoms with Crippen LogP contribution in [0.15, 0.2) is 24.3 Å². The summed E-state index contributed by atoms with van der Waals surface area (Å²) in [5, 5.41) is 3.03. The molecule has 2 heterocycles. The van der Waals surface area contributed by atoms with Gasteiger partial charge in [0, 0.05) is 38.8 Å². The Kier molecular flexibility index (Phi) is 6.04. The Morgan fingerprint density at radius 1 is 1.29 bits per heavy atom. The van der Waals surface area contributed by atoms with E-state index in [0.717, 1.165) is 57.8 Å². The lowest BCUT2D eigenvalue weighted by molar-refractivity contribution is 0.0385. The van der Waals surface area contributed by atoms with Gasteiger partial charge in [-0.1, -0.05) is 12.1 Å². The number of likely N-dealkylation sites (tertiary alicyclic amines) is 1. The number of halogens is 1. The predicted molar refractivity (Wildman–Crippen MR) is 90.5 cm³/mol. The maximum Gasteiger partial charge on any atom is 0.317 e. The van der Waals surface area contributed by atoms with Gasteiger partial charge in [0.25, 0.3) is 0 Å². The first-order valence-corrected chi connectivity index (χ1v) is 8.81. The van der Waals surface area contributed by atoms with Crippen molar-refractivity contribution in [3.05, 3.63) is 35.6 Å². The van der Waals surface area contributed by atoms with Gasteiger partial charge >= 0.3 is 6.03 Å². The van der Waals surface area contributed by atoms with Crippen molar-refractivity contribution in [2.24, 2.45) is 0 Å². The van der Waals surface area contributed by atoms with Crippen LogP contribution in [0.3, 0.4) is 0 Å². The molecule has 2 amide bonds. The molecule has 5 nitrogen and oxygen atoms in total. The number of rotatable bonds is 5. The average molecular weight is 335 g/mol. The molecule has 0 radical (unpaired) electrons. The van der Waals surface area contributed by atoms with E-state index >= 15 is 0 Å². The first-order chi connectivity index (χ1) is 11.7. The molecule has 0 saturated carbocycles. The van der Waals surface area contributed by atoms with Crippen LogP contribution < -0.4 is 5.32 Å². The van der Waals surface area contributed by atoms with Crippen molar-refractivity contribution in [1.82, 2.24) is 15.1 Å². The van der Waals surface area contributed by atoms with E-state index in [1.165, 1.54) is 6.07 Å². The number of ether oxygens (including phenoxy) is 1. The number of nitrogens with one attached hydrogen (secondary N) is 1. The van der Waals surface area contributed by atoms with Gasteiger partial charge in [0.2, 0.25) is 0 Å². The second kappa shape index (κ2) is 8.44. The molecule has 0 bridgehead atoms. The van der Waals surface area contributed by atoms with Crippen LogP contribution in [0, 0.1) is 5.82 Å². The molecule has 2 aliphatic rings. The molecule has 0 spiro atoms. The van der Waals surface area contributed by atoms with E-state index in [9.17, 15) is 9.18 Å². The molecule has 3 rings (SSSR count). The van der Waals surface area contributed by atoms with Crippen LogP contribution in [0.25, 0.3) is 0 Å². The van der Waals surface area contributed by atoms with Crippen LogP contribution >= 0.6 is 0 Å². The standard InChI is InChI=1S/C18H26FN3O2/c19-16-4-1-3-15(13-16)14-17-5-2-7-22(17)18(23)20-6-8-21-9-11-24-12-10-21/h1,3-4,13,17H,2,5-12,14H2,(H,20,23)/t17-/m0/s1. The predicted octanol–water partition coefficient (Wildman–Crippen LogP) is 1.87. The highest BCUT2D eigenvalue weighted by atomic mass is 19.1. The fraction of sp³-hybridized carbons (Fsp3) is 0.611. The maximum atomic E-state index is 13.3. The van der Waals surface area contributed by atoms with Gasteiger partial charge in [-0.25, -0.2) is 9.18 Å². The Labute approximate surface area is 142 Å². The van der Waals surface area contributed by atoms with Crippen LogP contribution in [0.5, 0.6) is 0 Å². The summed E-state index contributed by atoms with van der Waals surface area (Å²) in [6.07, 6.45) is 2.71. The van der Waals surface area contributed by atoms with E-state index in [0.29, 0.717) is 13.0 Å². The highest BCUT2D eigenvalue weighted by Crippen LogP contribution is 2.21. The lowest BCUT2D eigenvalue weighted by Gasteiger charge is -2.28. The molecule has 24 heavy (non-hydrogen) atoms. The van der Waals surface area contributed by atoms with Crippen molar-refractivity contribution >= 4 is 6.03 Å². The summed E-state index contributed by atoms with van der Waals surface area (Å²) in [5.41, 5.74) is 0.952. The zero-order valence-electron chi connectivity index (χ0n) is 14.0. The minimum absolute atomic E-state index is 0.00200. The summed E-state index contributed by atoms with van der Waals surface area (Å²) in [7, 11) is 0. The van der Waals surface area contributed by atoms with Crippen LogP contribution in [-0.2, 0) is 11.2 Å². The third-order valence-electron chi connectivity index (χ3n) is 4.81. The van der Waals surface area contributed by atoms with Gasteiger partial charge in [-0.05, 0) is 37.0 Å². The quantitative estimate of drug-likeness (QED) is 0.893. The van der Waals surface area contributed by atoms with Gasteiger partial charge in [-0.15, -0.1) is 0 Å². The van der Waals surface area contributed by atoms with Gasteiger partial charge in [0.15, 0.2) is 0 Å². The normalized spacial score (nSPS) is 21.9. The molecule has 1 aromatic rings. The molecule has 0 unspecified atom stereocenters. The number of morpholine rings is 1. The summed E-state index contributed by atoms with van der Waals surface area (Å²) >= 11 is 0. The summed E-state index contributed by atoms with van der Waals surface area (Å²) in [6, 6.07) is 6.83. The van der Waals surface area contributed by atoms with E-state index in [1.54, 1.807) is 12.1 Å². The summed E-state index contributed by atoms with van der Waals surface area (Å²) in [4.78, 5) is 16.7. The third kappa shape index (κ3) is 4.68. The number of carbonyl (C=O) groups is 1. The van der Waals surface area contributed by atoms with Gasteiger partial charge in [0.05, 0.1) is 13.2 Å².